The average Bonchev–Trinajstić information content (AvgIpc) is 2.77. The molecule has 166 valence electrons. The average molecular weight is 433 g/mol. The van der Waals surface area contributed by atoms with Crippen molar-refractivity contribution in [2.75, 3.05) is 0 Å². The van der Waals surface area contributed by atoms with Crippen molar-refractivity contribution in [1.29, 1.82) is 0 Å². The summed E-state index contributed by atoms with van der Waals surface area (Å²) in [5, 5.41) is 0. The summed E-state index contributed by atoms with van der Waals surface area (Å²) < 4.78 is 26.5. The fourth-order valence-electron chi connectivity index (χ4n) is 5.24. The van der Waals surface area contributed by atoms with Crippen molar-refractivity contribution < 1.29 is 8.78 Å². The molecule has 0 amide bonds. The van der Waals surface area contributed by atoms with Crippen molar-refractivity contribution in [2.45, 2.75) is 94.0 Å². The van der Waals surface area contributed by atoms with Gasteiger partial charge in [-0.2, -0.15) is 8.78 Å². The fourth-order valence-corrected chi connectivity index (χ4v) is 6.29. The van der Waals surface area contributed by atoms with E-state index in [1.165, 1.54) is 63.4 Å². The van der Waals surface area contributed by atoms with Crippen LogP contribution in [0.3, 0.4) is 0 Å². The molecule has 0 heterocycles. The monoisotopic (exact) mass is 432 g/mol. The fraction of sp³-hybridized carbons (Fsp3) is 0.630. The predicted molar refractivity (Wildman–Crippen MR) is 127 cm³/mol. The molecule has 2 aliphatic carbocycles. The van der Waals surface area contributed by atoms with Crippen LogP contribution in [0.4, 0.5) is 8.78 Å². The number of allylic oxidation sites excluding steroid dienone is 2. The van der Waals surface area contributed by atoms with Gasteiger partial charge in [-0.05, 0) is 30.2 Å². The van der Waals surface area contributed by atoms with E-state index >= 15 is 0 Å². The molecular weight excluding hydrogens is 394 g/mol. The molecule has 0 bridgehead atoms. The first-order valence-electron chi connectivity index (χ1n) is 12.0. The van der Waals surface area contributed by atoms with Gasteiger partial charge in [-0.1, -0.05) is 131 Å². The van der Waals surface area contributed by atoms with Gasteiger partial charge in [0.05, 0.1) is 4.75 Å². The molecule has 30 heavy (non-hydrogen) atoms. The highest BCUT2D eigenvalue weighted by Crippen LogP contribution is 2.49. The summed E-state index contributed by atoms with van der Waals surface area (Å²) in [6.45, 7) is 2.26. The minimum Gasteiger partial charge on any atom is -0.198 e. The van der Waals surface area contributed by atoms with Crippen LogP contribution < -0.4 is 0 Å². The Kier molecular flexibility index (Phi) is 9.49. The number of benzene rings is 1. The van der Waals surface area contributed by atoms with Gasteiger partial charge in [0.25, 0.3) is 5.76 Å². The topological polar surface area (TPSA) is 0 Å². The zero-order valence-electron chi connectivity index (χ0n) is 18.4. The summed E-state index contributed by atoms with van der Waals surface area (Å²) in [5.74, 6) is -1.02. The molecule has 0 spiro atoms. The molecule has 0 radical (unpaired) electrons. The van der Waals surface area contributed by atoms with Crippen LogP contribution in [0.2, 0.25) is 0 Å². The third kappa shape index (κ3) is 6.70. The van der Waals surface area contributed by atoms with E-state index in [-0.39, 0.29) is 5.92 Å². The lowest BCUT2D eigenvalue weighted by Crippen LogP contribution is -2.36. The maximum atomic E-state index is 13.5. The third-order valence-electron chi connectivity index (χ3n) is 7.06. The predicted octanol–water partition coefficient (Wildman–Crippen LogP) is 9.15. The van der Waals surface area contributed by atoms with Crippen LogP contribution in [0, 0.1) is 11.8 Å². The van der Waals surface area contributed by atoms with Crippen molar-refractivity contribution in [3.05, 3.63) is 60.2 Å². The van der Waals surface area contributed by atoms with E-state index in [1.54, 1.807) is 0 Å². The van der Waals surface area contributed by atoms with E-state index in [9.17, 15) is 8.78 Å². The Hall–Kier alpha value is -1.09. The lowest BCUT2D eigenvalue weighted by Gasteiger charge is -2.41. The Morgan fingerprint density at radius 3 is 2.17 bits per heavy atom. The van der Waals surface area contributed by atoms with Gasteiger partial charge in [0.1, 0.15) is 0 Å². The number of unbranched alkanes of at least 4 members (excludes halogenated alkanes) is 5. The molecule has 1 saturated carbocycles. The van der Waals surface area contributed by atoms with E-state index in [1.807, 2.05) is 18.2 Å². The summed E-state index contributed by atoms with van der Waals surface area (Å²) >= 11 is 0.850. The summed E-state index contributed by atoms with van der Waals surface area (Å²) in [6.07, 6.45) is 22.5. The van der Waals surface area contributed by atoms with Crippen LogP contribution in [0.15, 0.2) is 54.6 Å². The molecule has 0 aromatic heterocycles. The molecule has 1 aromatic carbocycles. The normalized spacial score (nSPS) is 28.9. The second-order valence-electron chi connectivity index (χ2n) is 9.16. The Morgan fingerprint density at radius 2 is 1.53 bits per heavy atom. The molecule has 0 atom stereocenters. The highest BCUT2D eigenvalue weighted by Gasteiger charge is 2.41. The van der Waals surface area contributed by atoms with Gasteiger partial charge < -0.3 is 0 Å². The van der Waals surface area contributed by atoms with Crippen LogP contribution >= 0.6 is 11.8 Å². The van der Waals surface area contributed by atoms with E-state index < -0.39 is 10.5 Å². The van der Waals surface area contributed by atoms with E-state index in [4.69, 9.17) is 0 Å². The second-order valence-corrected chi connectivity index (χ2v) is 10.5. The number of hydrogen-bond donors (Lipinski definition) is 0. The van der Waals surface area contributed by atoms with E-state index in [0.29, 0.717) is 5.92 Å². The van der Waals surface area contributed by atoms with Crippen molar-refractivity contribution in [2.24, 2.45) is 11.8 Å². The highest BCUT2D eigenvalue weighted by molar-refractivity contribution is 8.01. The Morgan fingerprint density at radius 1 is 0.900 bits per heavy atom. The second kappa shape index (κ2) is 12.1. The number of hydrogen-bond acceptors (Lipinski definition) is 1. The van der Waals surface area contributed by atoms with Crippen LogP contribution in [-0.4, -0.2) is 10.5 Å². The number of alkyl halides is 2. The van der Waals surface area contributed by atoms with Crippen LogP contribution in [-0.2, 0) is 0 Å². The van der Waals surface area contributed by atoms with Gasteiger partial charge >= 0.3 is 0 Å². The molecule has 0 N–H and O–H groups in total. The van der Waals surface area contributed by atoms with Gasteiger partial charge in [-0.15, -0.1) is 0 Å². The Balaban J connectivity index is 1.53. The highest BCUT2D eigenvalue weighted by atomic mass is 32.2. The van der Waals surface area contributed by atoms with Crippen LogP contribution in [0.25, 0.3) is 0 Å². The maximum absolute atomic E-state index is 13.5. The number of thioether (sulfide) groups is 1. The molecule has 2 aliphatic rings. The number of halogens is 2. The van der Waals surface area contributed by atoms with E-state index in [0.717, 1.165) is 30.5 Å². The maximum Gasteiger partial charge on any atom is 0.285 e. The molecule has 1 aromatic rings. The molecular formula is C27H38F2S. The minimum atomic E-state index is -2.34. The molecule has 3 rings (SSSR count). The van der Waals surface area contributed by atoms with Gasteiger partial charge in [-0.25, -0.2) is 0 Å². The summed E-state index contributed by atoms with van der Waals surface area (Å²) in [5.41, 5.74) is 1.23. The molecule has 0 unspecified atom stereocenters. The van der Waals surface area contributed by atoms with Crippen molar-refractivity contribution in [1.82, 2.24) is 0 Å². The zero-order valence-corrected chi connectivity index (χ0v) is 19.3. The van der Waals surface area contributed by atoms with E-state index in [2.05, 4.69) is 43.4 Å². The lowest BCUT2D eigenvalue weighted by molar-refractivity contribution is 0.231. The Bertz CT molecular complexity index is 645. The molecule has 0 saturated heterocycles. The number of rotatable bonds is 11. The van der Waals surface area contributed by atoms with Crippen molar-refractivity contribution >= 4 is 11.8 Å². The largest absolute Gasteiger partial charge is 0.285 e. The molecule has 1 fully saturated rings. The first-order chi connectivity index (χ1) is 14.6. The first-order valence-corrected chi connectivity index (χ1v) is 12.9. The SMILES string of the molecule is CCCCCCCC[C@H]1CC[C@H](C2(SC(F)F)C=CC(c3ccccc3)C=C2)CC1. The standard InChI is InChI=1S/C27H38F2S/c1-2-3-4-5-6-8-11-22-14-16-25(17-15-22)27(30-26(28)29)20-18-24(19-21-27)23-12-9-7-10-13-23/h7,9-10,12-13,18-22,24-26H,2-6,8,11,14-17H2,1H3/t22-,24?,25-,27?. The quantitative estimate of drug-likeness (QED) is 0.248. The summed E-state index contributed by atoms with van der Waals surface area (Å²) in [7, 11) is 0. The minimum absolute atomic E-state index is 0.196. The lowest BCUT2D eigenvalue weighted by atomic mass is 9.72. The molecule has 0 nitrogen and oxygen atoms in total. The summed E-state index contributed by atoms with van der Waals surface area (Å²) in [6, 6.07) is 10.3. The van der Waals surface area contributed by atoms with Gasteiger partial charge in [0.2, 0.25) is 0 Å². The molecule has 0 aliphatic heterocycles. The van der Waals surface area contributed by atoms with Crippen LogP contribution in [0.5, 0.6) is 0 Å². The Labute approximate surface area is 186 Å². The zero-order chi connectivity index (χ0) is 21.2. The van der Waals surface area contributed by atoms with Crippen molar-refractivity contribution in [3.63, 3.8) is 0 Å². The smallest absolute Gasteiger partial charge is 0.198 e. The first kappa shape index (κ1) is 23.6. The van der Waals surface area contributed by atoms with Gasteiger partial charge in [0.15, 0.2) is 0 Å². The van der Waals surface area contributed by atoms with Gasteiger partial charge in [0, 0.05) is 5.92 Å². The third-order valence-corrected chi connectivity index (χ3v) is 8.25. The summed E-state index contributed by atoms with van der Waals surface area (Å²) in [4.78, 5) is 0. The van der Waals surface area contributed by atoms with Gasteiger partial charge in [-0.3, -0.25) is 0 Å². The van der Waals surface area contributed by atoms with Crippen molar-refractivity contribution in [3.8, 4) is 0 Å². The van der Waals surface area contributed by atoms with Crippen LogP contribution in [0.1, 0.15) is 89.0 Å². The molecule has 3 heteroatoms.